The summed E-state index contributed by atoms with van der Waals surface area (Å²) in [6.07, 6.45) is 2.71. The molecular formula is C17H30N2O2. The maximum atomic E-state index is 10.3. The molecule has 0 aliphatic heterocycles. The average molecular weight is 294 g/mol. The average Bonchev–Trinajstić information content (AvgIpc) is 2.50. The van der Waals surface area contributed by atoms with Crippen LogP contribution < -0.4 is 10.6 Å². The van der Waals surface area contributed by atoms with E-state index in [1.165, 1.54) is 12.0 Å². The topological polar surface area (TPSA) is 64.5 Å². The largest absolute Gasteiger partial charge is 0.395 e. The highest BCUT2D eigenvalue weighted by Gasteiger charge is 2.19. The summed E-state index contributed by atoms with van der Waals surface area (Å²) < 4.78 is 0. The minimum atomic E-state index is -0.669. The van der Waals surface area contributed by atoms with Gasteiger partial charge in [-0.2, -0.15) is 0 Å². The Morgan fingerprint density at radius 1 is 1.05 bits per heavy atom. The predicted octanol–water partition coefficient (Wildman–Crippen LogP) is 1.76. The van der Waals surface area contributed by atoms with Crippen LogP contribution in [0.2, 0.25) is 0 Å². The van der Waals surface area contributed by atoms with E-state index in [-0.39, 0.29) is 12.6 Å². The molecule has 0 fully saturated rings. The molecule has 0 saturated heterocycles. The van der Waals surface area contributed by atoms with Gasteiger partial charge in [-0.3, -0.25) is 0 Å². The third kappa shape index (κ3) is 7.05. The summed E-state index contributed by atoms with van der Waals surface area (Å²) in [5.74, 6) is 0. The van der Waals surface area contributed by atoms with E-state index in [4.69, 9.17) is 0 Å². The first-order valence-electron chi connectivity index (χ1n) is 7.98. The van der Waals surface area contributed by atoms with Crippen molar-refractivity contribution >= 4 is 0 Å². The van der Waals surface area contributed by atoms with E-state index in [0.29, 0.717) is 0 Å². The summed E-state index contributed by atoms with van der Waals surface area (Å²) in [7, 11) is 0. The van der Waals surface area contributed by atoms with E-state index in [0.717, 1.165) is 38.0 Å². The summed E-state index contributed by atoms with van der Waals surface area (Å²) >= 11 is 0. The SMILES string of the molecule is CCNCCCCCN[C@H](CO)[C@H](O)c1ccc(C)cc1. The van der Waals surface area contributed by atoms with Crippen LogP contribution >= 0.6 is 0 Å². The van der Waals surface area contributed by atoms with E-state index in [2.05, 4.69) is 17.6 Å². The van der Waals surface area contributed by atoms with Gasteiger partial charge in [0.15, 0.2) is 0 Å². The van der Waals surface area contributed by atoms with Gasteiger partial charge in [-0.25, -0.2) is 0 Å². The maximum Gasteiger partial charge on any atom is 0.0965 e. The highest BCUT2D eigenvalue weighted by atomic mass is 16.3. The Hall–Kier alpha value is -0.940. The maximum absolute atomic E-state index is 10.3. The zero-order valence-corrected chi connectivity index (χ0v) is 13.3. The van der Waals surface area contributed by atoms with Gasteiger partial charge in [0.1, 0.15) is 0 Å². The molecule has 0 heterocycles. The number of nitrogens with one attached hydrogen (secondary N) is 2. The molecule has 120 valence electrons. The molecule has 21 heavy (non-hydrogen) atoms. The lowest BCUT2D eigenvalue weighted by atomic mass is 10.0. The number of rotatable bonds is 11. The van der Waals surface area contributed by atoms with Crippen molar-refractivity contribution < 1.29 is 10.2 Å². The van der Waals surface area contributed by atoms with Crippen molar-refractivity contribution in [1.29, 1.82) is 0 Å². The monoisotopic (exact) mass is 294 g/mol. The number of hydrogen-bond donors (Lipinski definition) is 4. The first-order chi connectivity index (χ1) is 10.2. The molecule has 1 aromatic rings. The van der Waals surface area contributed by atoms with Crippen LogP contribution in [0.1, 0.15) is 43.4 Å². The fourth-order valence-corrected chi connectivity index (χ4v) is 2.29. The lowest BCUT2D eigenvalue weighted by molar-refractivity contribution is 0.0899. The zero-order valence-electron chi connectivity index (χ0n) is 13.3. The molecule has 0 radical (unpaired) electrons. The lowest BCUT2D eigenvalue weighted by Crippen LogP contribution is -2.38. The van der Waals surface area contributed by atoms with Gasteiger partial charge in [0.25, 0.3) is 0 Å². The Bertz CT molecular complexity index is 368. The van der Waals surface area contributed by atoms with Crippen LogP contribution in [0, 0.1) is 6.92 Å². The van der Waals surface area contributed by atoms with Crippen LogP contribution in [0.3, 0.4) is 0 Å². The van der Waals surface area contributed by atoms with Crippen LogP contribution in [-0.2, 0) is 0 Å². The van der Waals surface area contributed by atoms with Crippen molar-refractivity contribution in [3.63, 3.8) is 0 Å². The van der Waals surface area contributed by atoms with Gasteiger partial charge < -0.3 is 20.8 Å². The van der Waals surface area contributed by atoms with Gasteiger partial charge >= 0.3 is 0 Å². The van der Waals surface area contributed by atoms with Crippen LogP contribution in [0.4, 0.5) is 0 Å². The number of benzene rings is 1. The number of unbranched alkanes of at least 4 members (excludes halogenated alkanes) is 2. The molecule has 0 aromatic heterocycles. The molecule has 4 nitrogen and oxygen atoms in total. The minimum Gasteiger partial charge on any atom is -0.395 e. The summed E-state index contributed by atoms with van der Waals surface area (Å²) in [5, 5.41) is 26.3. The molecule has 0 saturated carbocycles. The van der Waals surface area contributed by atoms with Gasteiger partial charge in [0.2, 0.25) is 0 Å². The van der Waals surface area contributed by atoms with Crippen LogP contribution in [-0.4, -0.2) is 42.5 Å². The second kappa shape index (κ2) is 10.7. The second-order valence-corrected chi connectivity index (χ2v) is 5.51. The number of aliphatic hydroxyl groups excluding tert-OH is 2. The predicted molar refractivity (Wildman–Crippen MR) is 87.4 cm³/mol. The van der Waals surface area contributed by atoms with E-state index in [9.17, 15) is 10.2 Å². The van der Waals surface area contributed by atoms with Gasteiger partial charge in [0, 0.05) is 0 Å². The zero-order chi connectivity index (χ0) is 15.5. The Morgan fingerprint density at radius 3 is 2.33 bits per heavy atom. The smallest absolute Gasteiger partial charge is 0.0965 e. The van der Waals surface area contributed by atoms with Crippen molar-refractivity contribution in [2.75, 3.05) is 26.2 Å². The molecule has 2 atom stereocenters. The number of aliphatic hydroxyl groups is 2. The van der Waals surface area contributed by atoms with Gasteiger partial charge in [0.05, 0.1) is 18.8 Å². The Kier molecular flexibility index (Phi) is 9.26. The molecule has 0 unspecified atom stereocenters. The molecule has 0 spiro atoms. The van der Waals surface area contributed by atoms with Crippen molar-refractivity contribution in [3.05, 3.63) is 35.4 Å². The highest BCUT2D eigenvalue weighted by molar-refractivity contribution is 5.24. The molecule has 4 heteroatoms. The van der Waals surface area contributed by atoms with Crippen molar-refractivity contribution in [2.45, 2.75) is 45.3 Å². The molecule has 1 rings (SSSR count). The Morgan fingerprint density at radius 2 is 1.71 bits per heavy atom. The Balaban J connectivity index is 2.28. The number of hydrogen-bond acceptors (Lipinski definition) is 4. The van der Waals surface area contributed by atoms with Crippen LogP contribution in [0.15, 0.2) is 24.3 Å². The van der Waals surface area contributed by atoms with Gasteiger partial charge in [-0.15, -0.1) is 0 Å². The first kappa shape index (κ1) is 18.1. The van der Waals surface area contributed by atoms with E-state index in [1.54, 1.807) is 0 Å². The van der Waals surface area contributed by atoms with Crippen LogP contribution in [0.25, 0.3) is 0 Å². The first-order valence-corrected chi connectivity index (χ1v) is 7.98. The van der Waals surface area contributed by atoms with Crippen LogP contribution in [0.5, 0.6) is 0 Å². The Labute approximate surface area is 128 Å². The molecule has 4 N–H and O–H groups in total. The van der Waals surface area contributed by atoms with E-state index < -0.39 is 6.10 Å². The molecule has 1 aromatic carbocycles. The molecule has 0 amide bonds. The lowest BCUT2D eigenvalue weighted by Gasteiger charge is -2.23. The molecule has 0 bridgehead atoms. The third-order valence-electron chi connectivity index (χ3n) is 3.68. The molecule has 0 aliphatic carbocycles. The van der Waals surface area contributed by atoms with Crippen molar-refractivity contribution in [1.82, 2.24) is 10.6 Å². The summed E-state index contributed by atoms with van der Waals surface area (Å²) in [6, 6.07) is 7.49. The van der Waals surface area contributed by atoms with Gasteiger partial charge in [-0.1, -0.05) is 43.2 Å². The minimum absolute atomic E-state index is 0.0631. The van der Waals surface area contributed by atoms with Crippen molar-refractivity contribution in [2.24, 2.45) is 0 Å². The summed E-state index contributed by atoms with van der Waals surface area (Å²) in [6.45, 7) is 6.97. The summed E-state index contributed by atoms with van der Waals surface area (Å²) in [4.78, 5) is 0. The number of aryl methyl sites for hydroxylation is 1. The van der Waals surface area contributed by atoms with E-state index in [1.807, 2.05) is 31.2 Å². The standard InChI is InChI=1S/C17H30N2O2/c1-3-18-11-5-4-6-12-19-16(13-20)17(21)15-9-7-14(2)8-10-15/h7-10,16-21H,3-6,11-13H2,1-2H3/t16-,17-/m1/s1. The molecular weight excluding hydrogens is 264 g/mol. The third-order valence-corrected chi connectivity index (χ3v) is 3.68. The molecule has 0 aliphatic rings. The fraction of sp³-hybridized carbons (Fsp3) is 0.647. The highest BCUT2D eigenvalue weighted by Crippen LogP contribution is 2.17. The second-order valence-electron chi connectivity index (χ2n) is 5.51. The van der Waals surface area contributed by atoms with E-state index >= 15 is 0 Å². The fourth-order valence-electron chi connectivity index (χ4n) is 2.29. The normalized spacial score (nSPS) is 14.1. The van der Waals surface area contributed by atoms with Gasteiger partial charge in [-0.05, 0) is 45.0 Å². The quantitative estimate of drug-likeness (QED) is 0.470. The van der Waals surface area contributed by atoms with Crippen molar-refractivity contribution in [3.8, 4) is 0 Å². The summed E-state index contributed by atoms with van der Waals surface area (Å²) in [5.41, 5.74) is 2.01.